The number of nitro benzene ring substituents is 2. The third kappa shape index (κ3) is 1.79. The van der Waals surface area contributed by atoms with Gasteiger partial charge in [0.1, 0.15) is 5.69 Å². The van der Waals surface area contributed by atoms with Crippen molar-refractivity contribution in [3.8, 4) is 0 Å². The lowest BCUT2D eigenvalue weighted by Crippen LogP contribution is -1.94. The Hall–Kier alpha value is -1.70. The van der Waals surface area contributed by atoms with Crippen molar-refractivity contribution in [2.75, 3.05) is 0 Å². The molecule has 73 valence electrons. The smallest absolute Gasteiger partial charge is 0.293 e. The predicted molar refractivity (Wildman–Crippen MR) is 50.2 cm³/mol. The molecule has 8 heteroatoms. The molecule has 1 aromatic carbocycles. The number of nitro groups is 2. The van der Waals surface area contributed by atoms with Crippen LogP contribution in [-0.2, 0) is 0 Å². The second kappa shape index (κ2) is 3.58. The molecule has 0 unspecified atom stereocenters. The summed E-state index contributed by atoms with van der Waals surface area (Å²) in [6.45, 7) is 0. The van der Waals surface area contributed by atoms with Gasteiger partial charge in [-0.15, -0.1) is 0 Å². The number of nitrogens with zero attached hydrogens (tertiary/aromatic N) is 2. The van der Waals surface area contributed by atoms with Crippen LogP contribution in [0, 0.1) is 20.2 Å². The van der Waals surface area contributed by atoms with Crippen molar-refractivity contribution in [2.24, 2.45) is 0 Å². The Labute approximate surface area is 85.9 Å². The summed E-state index contributed by atoms with van der Waals surface area (Å²) < 4.78 is 0.0263. The molecule has 0 aromatic heterocycles. The van der Waals surface area contributed by atoms with Gasteiger partial charge in [-0.3, -0.25) is 26.0 Å². The van der Waals surface area contributed by atoms with Crippen LogP contribution >= 0.6 is 15.9 Å². The SMILES string of the molecule is [NH]c1c(Br)cc([N+](=O)[O-])cc1[N+](=O)[O-]. The van der Waals surface area contributed by atoms with Crippen LogP contribution in [0.25, 0.3) is 0 Å². The molecule has 1 aromatic rings. The topological polar surface area (TPSA) is 110 Å². The molecule has 0 aliphatic carbocycles. The van der Waals surface area contributed by atoms with E-state index in [1.54, 1.807) is 0 Å². The summed E-state index contributed by atoms with van der Waals surface area (Å²) in [4.78, 5) is 19.1. The van der Waals surface area contributed by atoms with Crippen LogP contribution in [-0.4, -0.2) is 9.85 Å². The Balaban J connectivity index is 3.43. The first-order valence-electron chi connectivity index (χ1n) is 3.27. The molecular weight excluding hydrogens is 258 g/mol. The van der Waals surface area contributed by atoms with E-state index in [4.69, 9.17) is 5.73 Å². The summed E-state index contributed by atoms with van der Waals surface area (Å²) in [6, 6.07) is 1.81. The highest BCUT2D eigenvalue weighted by molar-refractivity contribution is 9.10. The van der Waals surface area contributed by atoms with Gasteiger partial charge in [-0.05, 0) is 15.9 Å². The zero-order valence-electron chi connectivity index (χ0n) is 6.56. The van der Waals surface area contributed by atoms with E-state index in [1.807, 2.05) is 0 Å². The van der Waals surface area contributed by atoms with E-state index in [2.05, 4.69) is 15.9 Å². The standard InChI is InChI=1S/C6H3BrN3O4/c7-4-1-3(9(11)12)2-5(6(4)8)10(13)14/h1-2,8H. The van der Waals surface area contributed by atoms with Gasteiger partial charge in [-0.25, -0.2) is 0 Å². The zero-order chi connectivity index (χ0) is 10.9. The second-order valence-electron chi connectivity index (χ2n) is 2.34. The number of non-ortho nitro benzene ring substituents is 1. The van der Waals surface area contributed by atoms with Crippen molar-refractivity contribution in [1.82, 2.24) is 5.73 Å². The van der Waals surface area contributed by atoms with Crippen LogP contribution in [0.2, 0.25) is 0 Å². The van der Waals surface area contributed by atoms with Gasteiger partial charge in [0.2, 0.25) is 0 Å². The van der Waals surface area contributed by atoms with Gasteiger partial charge in [0.15, 0.2) is 0 Å². The fourth-order valence-electron chi connectivity index (χ4n) is 0.828. The number of nitrogens with one attached hydrogen (secondary N) is 1. The normalized spacial score (nSPS) is 9.79. The quantitative estimate of drug-likeness (QED) is 0.599. The molecule has 0 aliphatic heterocycles. The monoisotopic (exact) mass is 260 g/mol. The Kier molecular flexibility index (Phi) is 2.65. The summed E-state index contributed by atoms with van der Waals surface area (Å²) in [5.41, 5.74) is 5.87. The number of halogens is 1. The van der Waals surface area contributed by atoms with Gasteiger partial charge in [-0.1, -0.05) is 0 Å². The molecule has 0 atom stereocenters. The molecule has 0 aliphatic rings. The van der Waals surface area contributed by atoms with E-state index >= 15 is 0 Å². The lowest BCUT2D eigenvalue weighted by molar-refractivity contribution is -0.393. The molecule has 0 fully saturated rings. The van der Waals surface area contributed by atoms with Crippen molar-refractivity contribution in [1.29, 1.82) is 0 Å². The Bertz CT molecular complexity index is 420. The average molecular weight is 261 g/mol. The Morgan fingerprint density at radius 2 is 1.79 bits per heavy atom. The number of hydrogen-bond donors (Lipinski definition) is 0. The van der Waals surface area contributed by atoms with Gasteiger partial charge >= 0.3 is 5.69 Å². The third-order valence-corrected chi connectivity index (χ3v) is 2.09. The van der Waals surface area contributed by atoms with Gasteiger partial charge in [0.25, 0.3) is 5.69 Å². The fourth-order valence-corrected chi connectivity index (χ4v) is 1.27. The maximum atomic E-state index is 10.4. The second-order valence-corrected chi connectivity index (χ2v) is 3.19. The van der Waals surface area contributed by atoms with Crippen LogP contribution in [0.1, 0.15) is 0 Å². The largest absolute Gasteiger partial charge is 0.302 e. The van der Waals surface area contributed by atoms with Crippen molar-refractivity contribution in [3.63, 3.8) is 0 Å². The third-order valence-electron chi connectivity index (χ3n) is 1.46. The minimum atomic E-state index is -0.833. The van der Waals surface area contributed by atoms with E-state index in [0.29, 0.717) is 0 Å². The van der Waals surface area contributed by atoms with Gasteiger partial charge in [0, 0.05) is 6.07 Å². The van der Waals surface area contributed by atoms with E-state index in [0.717, 1.165) is 12.1 Å². The average Bonchev–Trinajstić information content (AvgIpc) is 2.08. The highest BCUT2D eigenvalue weighted by Crippen LogP contribution is 2.35. The molecular formula is C6H3BrN3O4. The minimum absolute atomic E-state index is 0.0263. The Morgan fingerprint density at radius 3 is 2.21 bits per heavy atom. The molecule has 7 nitrogen and oxygen atoms in total. The highest BCUT2D eigenvalue weighted by Gasteiger charge is 2.21. The molecule has 1 radical (unpaired) electrons. The van der Waals surface area contributed by atoms with E-state index < -0.39 is 21.2 Å². The number of benzene rings is 1. The maximum Gasteiger partial charge on any atom is 0.302 e. The lowest BCUT2D eigenvalue weighted by atomic mass is 10.2. The van der Waals surface area contributed by atoms with Crippen molar-refractivity contribution in [3.05, 3.63) is 36.8 Å². The van der Waals surface area contributed by atoms with Crippen LogP contribution in [0.3, 0.4) is 0 Å². The highest BCUT2D eigenvalue weighted by atomic mass is 79.9. The summed E-state index contributed by atoms with van der Waals surface area (Å²) in [6.07, 6.45) is 0. The molecule has 0 saturated heterocycles. The first-order valence-corrected chi connectivity index (χ1v) is 4.06. The van der Waals surface area contributed by atoms with Gasteiger partial charge in [0.05, 0.1) is 20.4 Å². The van der Waals surface area contributed by atoms with Crippen LogP contribution in [0.4, 0.5) is 17.1 Å². The molecule has 14 heavy (non-hydrogen) atoms. The zero-order valence-corrected chi connectivity index (χ0v) is 8.15. The van der Waals surface area contributed by atoms with Gasteiger partial charge < -0.3 is 0 Å². The molecule has 0 saturated carbocycles. The van der Waals surface area contributed by atoms with E-state index in [-0.39, 0.29) is 10.2 Å². The lowest BCUT2D eigenvalue weighted by Gasteiger charge is -1.98. The van der Waals surface area contributed by atoms with Crippen molar-refractivity contribution >= 4 is 33.0 Å². The van der Waals surface area contributed by atoms with Crippen molar-refractivity contribution in [2.45, 2.75) is 0 Å². The summed E-state index contributed by atoms with van der Waals surface area (Å²) in [5, 5.41) is 20.7. The summed E-state index contributed by atoms with van der Waals surface area (Å²) in [5.74, 6) is 0. The molecule has 0 spiro atoms. The molecule has 1 rings (SSSR count). The molecule has 0 bridgehead atoms. The van der Waals surface area contributed by atoms with Crippen LogP contribution in [0.15, 0.2) is 16.6 Å². The predicted octanol–water partition coefficient (Wildman–Crippen LogP) is 2.18. The molecule has 0 heterocycles. The van der Waals surface area contributed by atoms with Crippen LogP contribution in [0.5, 0.6) is 0 Å². The fraction of sp³-hybridized carbons (Fsp3) is 0. The molecule has 1 N–H and O–H groups in total. The van der Waals surface area contributed by atoms with Gasteiger partial charge in [-0.2, -0.15) is 0 Å². The van der Waals surface area contributed by atoms with E-state index in [9.17, 15) is 20.2 Å². The molecule has 0 amide bonds. The first-order chi connectivity index (χ1) is 6.43. The van der Waals surface area contributed by atoms with Crippen LogP contribution < -0.4 is 5.73 Å². The first kappa shape index (κ1) is 10.4. The summed E-state index contributed by atoms with van der Waals surface area (Å²) >= 11 is 2.84. The van der Waals surface area contributed by atoms with E-state index in [1.165, 1.54) is 0 Å². The maximum absolute atomic E-state index is 10.4. The minimum Gasteiger partial charge on any atom is -0.293 e. The number of rotatable bonds is 2. The number of hydrogen-bond acceptors (Lipinski definition) is 4. The van der Waals surface area contributed by atoms with Crippen molar-refractivity contribution < 1.29 is 9.85 Å². The summed E-state index contributed by atoms with van der Waals surface area (Å²) in [7, 11) is 0. The Morgan fingerprint density at radius 1 is 1.21 bits per heavy atom.